The Morgan fingerprint density at radius 3 is 2.75 bits per heavy atom. The Morgan fingerprint density at radius 1 is 1.44 bits per heavy atom. The topological polar surface area (TPSA) is 42.2 Å². The van der Waals surface area contributed by atoms with Gasteiger partial charge in [-0.3, -0.25) is 4.98 Å². The summed E-state index contributed by atoms with van der Waals surface area (Å²) in [5, 5.41) is 0. The molecular formula is C13H23N3. The lowest BCUT2D eigenvalue weighted by Gasteiger charge is -2.27. The minimum Gasteiger partial charge on any atom is -0.371 e. The number of hydrogen-bond acceptors (Lipinski definition) is 3. The molecule has 0 fully saturated rings. The van der Waals surface area contributed by atoms with Gasteiger partial charge in [0.2, 0.25) is 0 Å². The molecule has 0 amide bonds. The lowest BCUT2D eigenvalue weighted by molar-refractivity contribution is 0.547. The van der Waals surface area contributed by atoms with Crippen LogP contribution in [-0.4, -0.2) is 18.1 Å². The highest BCUT2D eigenvalue weighted by Crippen LogP contribution is 2.20. The van der Waals surface area contributed by atoms with Gasteiger partial charge in [0.1, 0.15) is 0 Å². The predicted molar refractivity (Wildman–Crippen MR) is 69.5 cm³/mol. The van der Waals surface area contributed by atoms with Crippen LogP contribution in [0, 0.1) is 5.92 Å². The number of anilines is 1. The van der Waals surface area contributed by atoms with E-state index in [4.69, 9.17) is 5.73 Å². The van der Waals surface area contributed by atoms with Crippen molar-refractivity contribution in [1.82, 2.24) is 4.98 Å². The van der Waals surface area contributed by atoms with Gasteiger partial charge >= 0.3 is 0 Å². The Balaban J connectivity index is 2.85. The molecule has 16 heavy (non-hydrogen) atoms. The Labute approximate surface area is 98.7 Å². The monoisotopic (exact) mass is 221 g/mol. The molecule has 1 atom stereocenters. The Hall–Kier alpha value is -1.09. The van der Waals surface area contributed by atoms with Gasteiger partial charge in [0.25, 0.3) is 0 Å². The lowest BCUT2D eigenvalue weighted by Crippen LogP contribution is -2.29. The molecule has 0 spiro atoms. The molecule has 0 saturated heterocycles. The normalized spacial score (nSPS) is 12.5. The summed E-state index contributed by atoms with van der Waals surface area (Å²) in [5.41, 5.74) is 8.11. The van der Waals surface area contributed by atoms with Crippen LogP contribution in [0.4, 0.5) is 5.69 Å². The molecule has 0 aliphatic carbocycles. The molecule has 2 N–H and O–H groups in total. The van der Waals surface area contributed by atoms with Gasteiger partial charge < -0.3 is 10.6 Å². The first kappa shape index (κ1) is 13.0. The summed E-state index contributed by atoms with van der Waals surface area (Å²) >= 11 is 0. The molecule has 1 unspecified atom stereocenters. The zero-order valence-electron chi connectivity index (χ0n) is 10.6. The van der Waals surface area contributed by atoms with Crippen molar-refractivity contribution >= 4 is 5.69 Å². The summed E-state index contributed by atoms with van der Waals surface area (Å²) in [6, 6.07) is 2.06. The Morgan fingerprint density at radius 2 is 2.19 bits per heavy atom. The average molecular weight is 221 g/mol. The maximum Gasteiger partial charge on any atom is 0.0442 e. The first-order chi connectivity index (χ1) is 7.72. The molecule has 0 bridgehead atoms. The zero-order valence-corrected chi connectivity index (χ0v) is 10.6. The number of nitrogens with two attached hydrogens (primary N) is 1. The fourth-order valence-electron chi connectivity index (χ4n) is 1.79. The van der Waals surface area contributed by atoms with Gasteiger partial charge in [0.15, 0.2) is 0 Å². The van der Waals surface area contributed by atoms with Gasteiger partial charge in [-0.15, -0.1) is 0 Å². The molecule has 0 aromatic carbocycles. The van der Waals surface area contributed by atoms with Gasteiger partial charge in [0.05, 0.1) is 0 Å². The second-order valence-corrected chi connectivity index (χ2v) is 4.26. The molecule has 1 rings (SSSR count). The van der Waals surface area contributed by atoms with Crippen LogP contribution in [0.3, 0.4) is 0 Å². The van der Waals surface area contributed by atoms with E-state index < -0.39 is 0 Å². The van der Waals surface area contributed by atoms with Crippen LogP contribution in [0.5, 0.6) is 0 Å². The molecule has 1 aromatic heterocycles. The second kappa shape index (κ2) is 6.48. The van der Waals surface area contributed by atoms with Crippen LogP contribution in [0.1, 0.15) is 32.8 Å². The lowest BCUT2D eigenvalue weighted by atomic mass is 10.1. The van der Waals surface area contributed by atoms with Crippen molar-refractivity contribution in [2.45, 2.75) is 33.7 Å². The number of hydrogen-bond donors (Lipinski definition) is 1. The second-order valence-electron chi connectivity index (χ2n) is 4.26. The molecule has 90 valence electrons. The van der Waals surface area contributed by atoms with E-state index in [0.29, 0.717) is 12.5 Å². The third kappa shape index (κ3) is 3.20. The molecule has 0 saturated carbocycles. The predicted octanol–water partition coefficient (Wildman–Crippen LogP) is 2.41. The van der Waals surface area contributed by atoms with E-state index in [1.807, 2.05) is 12.4 Å². The van der Waals surface area contributed by atoms with Crippen LogP contribution in [0.2, 0.25) is 0 Å². The van der Waals surface area contributed by atoms with Crippen molar-refractivity contribution in [3.8, 4) is 0 Å². The van der Waals surface area contributed by atoms with E-state index in [9.17, 15) is 0 Å². The maximum atomic E-state index is 5.74. The van der Waals surface area contributed by atoms with Crippen molar-refractivity contribution in [3.63, 3.8) is 0 Å². The smallest absolute Gasteiger partial charge is 0.0442 e. The van der Waals surface area contributed by atoms with Gasteiger partial charge in [0, 0.05) is 43.3 Å². The van der Waals surface area contributed by atoms with Gasteiger partial charge in [-0.25, -0.2) is 0 Å². The first-order valence-corrected chi connectivity index (χ1v) is 6.10. The van der Waals surface area contributed by atoms with Crippen LogP contribution >= 0.6 is 0 Å². The van der Waals surface area contributed by atoms with Crippen LogP contribution in [-0.2, 0) is 6.54 Å². The third-order valence-electron chi connectivity index (χ3n) is 3.05. The first-order valence-electron chi connectivity index (χ1n) is 6.10. The fraction of sp³-hybridized carbons (Fsp3) is 0.615. The van der Waals surface area contributed by atoms with Gasteiger partial charge in [-0.05, 0) is 18.9 Å². The van der Waals surface area contributed by atoms with Crippen LogP contribution < -0.4 is 10.6 Å². The summed E-state index contributed by atoms with van der Waals surface area (Å²) in [7, 11) is 0. The highest BCUT2D eigenvalue weighted by molar-refractivity contribution is 5.52. The van der Waals surface area contributed by atoms with E-state index in [0.717, 1.165) is 18.7 Å². The van der Waals surface area contributed by atoms with Gasteiger partial charge in [-0.2, -0.15) is 0 Å². The van der Waals surface area contributed by atoms with E-state index in [1.54, 1.807) is 0 Å². The molecule has 1 heterocycles. The van der Waals surface area contributed by atoms with Crippen LogP contribution in [0.25, 0.3) is 0 Å². The zero-order chi connectivity index (χ0) is 12.0. The number of nitrogens with zero attached hydrogens (tertiary/aromatic N) is 2. The minimum atomic E-state index is 0.556. The van der Waals surface area contributed by atoms with Crippen molar-refractivity contribution in [1.29, 1.82) is 0 Å². The molecular weight excluding hydrogens is 198 g/mol. The molecule has 3 nitrogen and oxygen atoms in total. The summed E-state index contributed by atoms with van der Waals surface area (Å²) in [4.78, 5) is 6.51. The van der Waals surface area contributed by atoms with E-state index in [-0.39, 0.29) is 0 Å². The Bertz CT molecular complexity index is 312. The van der Waals surface area contributed by atoms with E-state index in [2.05, 4.69) is 36.7 Å². The largest absolute Gasteiger partial charge is 0.371 e. The van der Waals surface area contributed by atoms with Crippen molar-refractivity contribution in [2.75, 3.05) is 18.0 Å². The van der Waals surface area contributed by atoms with E-state index in [1.165, 1.54) is 12.1 Å². The summed E-state index contributed by atoms with van der Waals surface area (Å²) in [6.07, 6.45) is 4.92. The quantitative estimate of drug-likeness (QED) is 0.802. The standard InChI is InChI=1S/C13H23N3/c1-4-11(3)10-16(5-2)13-6-7-15-9-12(13)8-14/h6-7,9,11H,4-5,8,10,14H2,1-3H3. The maximum absolute atomic E-state index is 5.74. The van der Waals surface area contributed by atoms with Crippen molar-refractivity contribution < 1.29 is 0 Å². The number of pyridine rings is 1. The van der Waals surface area contributed by atoms with E-state index >= 15 is 0 Å². The van der Waals surface area contributed by atoms with Crippen molar-refractivity contribution in [3.05, 3.63) is 24.0 Å². The molecule has 0 aliphatic rings. The summed E-state index contributed by atoms with van der Waals surface area (Å²) < 4.78 is 0. The number of rotatable bonds is 6. The molecule has 0 radical (unpaired) electrons. The van der Waals surface area contributed by atoms with Crippen molar-refractivity contribution in [2.24, 2.45) is 11.7 Å². The minimum absolute atomic E-state index is 0.556. The van der Waals surface area contributed by atoms with Gasteiger partial charge in [-0.1, -0.05) is 20.3 Å². The molecule has 1 aromatic rings. The highest BCUT2D eigenvalue weighted by atomic mass is 15.1. The average Bonchev–Trinajstić information content (AvgIpc) is 2.35. The van der Waals surface area contributed by atoms with Crippen LogP contribution in [0.15, 0.2) is 18.5 Å². The third-order valence-corrected chi connectivity index (χ3v) is 3.05. The SMILES string of the molecule is CCC(C)CN(CC)c1ccncc1CN. The Kier molecular flexibility index (Phi) is 5.26. The molecule has 3 heteroatoms. The number of aromatic nitrogens is 1. The summed E-state index contributed by atoms with van der Waals surface area (Å²) in [5.74, 6) is 0.707. The summed E-state index contributed by atoms with van der Waals surface area (Å²) in [6.45, 7) is 9.36. The fourth-order valence-corrected chi connectivity index (χ4v) is 1.79. The highest BCUT2D eigenvalue weighted by Gasteiger charge is 2.11. The molecule has 0 aliphatic heterocycles.